The van der Waals surface area contributed by atoms with E-state index in [9.17, 15) is 0 Å². The first kappa shape index (κ1) is 14.1. The van der Waals surface area contributed by atoms with E-state index in [0.29, 0.717) is 6.61 Å². The fraction of sp³-hybridized carbons (Fsp3) is 0.312. The van der Waals surface area contributed by atoms with Crippen molar-refractivity contribution in [3.8, 4) is 5.75 Å². The van der Waals surface area contributed by atoms with Gasteiger partial charge in [-0.05, 0) is 43.2 Å². The summed E-state index contributed by atoms with van der Waals surface area (Å²) in [5, 5.41) is 0. The van der Waals surface area contributed by atoms with Crippen molar-refractivity contribution in [3.63, 3.8) is 0 Å². The van der Waals surface area contributed by atoms with Gasteiger partial charge in [0.25, 0.3) is 0 Å². The topological polar surface area (TPSA) is 22.1 Å². The van der Waals surface area contributed by atoms with Gasteiger partial charge >= 0.3 is 0 Å². The predicted molar refractivity (Wildman–Crippen MR) is 82.0 cm³/mol. The lowest BCUT2D eigenvalue weighted by Crippen LogP contribution is -1.98. The molecule has 0 N–H and O–H groups in total. The summed E-state index contributed by atoms with van der Waals surface area (Å²) in [5.41, 5.74) is 3.53. The largest absolute Gasteiger partial charge is 0.494 e. The maximum Gasteiger partial charge on any atom is 0.119 e. The molecule has 2 aromatic rings. The van der Waals surface area contributed by atoms with Crippen LogP contribution >= 0.6 is 15.9 Å². The molecule has 100 valence electrons. The van der Waals surface area contributed by atoms with Crippen LogP contribution in [0.25, 0.3) is 0 Å². The molecule has 0 amide bonds. The number of aryl methyl sites for hydroxylation is 1. The van der Waals surface area contributed by atoms with Gasteiger partial charge in [-0.1, -0.05) is 34.1 Å². The van der Waals surface area contributed by atoms with E-state index in [1.807, 2.05) is 25.3 Å². The summed E-state index contributed by atoms with van der Waals surface area (Å²) >= 11 is 3.72. The molecule has 0 radical (unpaired) electrons. The number of rotatable bonds is 5. The Labute approximate surface area is 123 Å². The van der Waals surface area contributed by atoms with Gasteiger partial charge < -0.3 is 4.74 Å². The average Bonchev–Trinajstić information content (AvgIpc) is 2.42. The number of hydrogen-bond acceptors (Lipinski definition) is 2. The molecular weight excluding hydrogens is 302 g/mol. The zero-order valence-corrected chi connectivity index (χ0v) is 12.9. The highest BCUT2D eigenvalue weighted by molar-refractivity contribution is 9.09. The van der Waals surface area contributed by atoms with E-state index in [1.54, 1.807) is 0 Å². The fourth-order valence-corrected chi connectivity index (χ4v) is 2.50. The van der Waals surface area contributed by atoms with Gasteiger partial charge in [0.05, 0.1) is 6.61 Å². The van der Waals surface area contributed by atoms with Crippen LogP contribution in [0.15, 0.2) is 42.6 Å². The van der Waals surface area contributed by atoms with Gasteiger partial charge in [-0.15, -0.1) is 0 Å². The number of aromatic nitrogens is 1. The number of pyridine rings is 1. The third kappa shape index (κ3) is 4.06. The van der Waals surface area contributed by atoms with E-state index in [0.717, 1.165) is 17.9 Å². The van der Waals surface area contributed by atoms with Gasteiger partial charge in [0, 0.05) is 23.1 Å². The van der Waals surface area contributed by atoms with Crippen LogP contribution in [0.2, 0.25) is 0 Å². The van der Waals surface area contributed by atoms with Crippen LogP contribution in [0.3, 0.4) is 0 Å². The molecule has 1 aromatic carbocycles. The minimum absolute atomic E-state index is 0.276. The molecule has 0 saturated carbocycles. The Bertz CT molecular complexity index is 507. The Balaban J connectivity index is 2.02. The first-order chi connectivity index (χ1) is 9.19. The first-order valence-corrected chi connectivity index (χ1v) is 7.39. The summed E-state index contributed by atoms with van der Waals surface area (Å²) in [6.45, 7) is 4.74. The molecular formula is C16H18BrNO. The number of hydrogen-bond donors (Lipinski definition) is 0. The van der Waals surface area contributed by atoms with E-state index in [1.165, 1.54) is 11.1 Å². The van der Waals surface area contributed by atoms with Crippen LogP contribution in [-0.4, -0.2) is 11.6 Å². The summed E-state index contributed by atoms with van der Waals surface area (Å²) in [6, 6.07) is 12.4. The van der Waals surface area contributed by atoms with Gasteiger partial charge in [-0.3, -0.25) is 4.98 Å². The lowest BCUT2D eigenvalue weighted by Gasteiger charge is -2.11. The Kier molecular flexibility index (Phi) is 4.97. The van der Waals surface area contributed by atoms with Gasteiger partial charge in [0.1, 0.15) is 5.75 Å². The molecule has 1 unspecified atom stereocenters. The zero-order valence-electron chi connectivity index (χ0n) is 11.3. The summed E-state index contributed by atoms with van der Waals surface area (Å²) < 4.78 is 5.44. The first-order valence-electron chi connectivity index (χ1n) is 6.47. The van der Waals surface area contributed by atoms with E-state index in [-0.39, 0.29) is 4.83 Å². The van der Waals surface area contributed by atoms with Crippen molar-refractivity contribution in [2.45, 2.75) is 25.1 Å². The van der Waals surface area contributed by atoms with Crippen molar-refractivity contribution in [1.29, 1.82) is 0 Å². The van der Waals surface area contributed by atoms with E-state index >= 15 is 0 Å². The second kappa shape index (κ2) is 6.71. The Hall–Kier alpha value is -1.35. The minimum atomic E-state index is 0.276. The van der Waals surface area contributed by atoms with E-state index in [4.69, 9.17) is 4.74 Å². The quantitative estimate of drug-likeness (QED) is 0.759. The molecule has 0 bridgehead atoms. The second-order valence-electron chi connectivity index (χ2n) is 4.50. The molecule has 3 heteroatoms. The smallest absolute Gasteiger partial charge is 0.119 e. The van der Waals surface area contributed by atoms with Crippen LogP contribution in [0.4, 0.5) is 0 Å². The molecule has 1 heterocycles. The van der Waals surface area contributed by atoms with Crippen LogP contribution in [-0.2, 0) is 6.42 Å². The maximum absolute atomic E-state index is 5.44. The SMILES string of the molecule is CCOc1ccc(C(Br)Cc2ccc(C)cn2)cc1. The van der Waals surface area contributed by atoms with Crippen molar-refractivity contribution in [2.75, 3.05) is 6.61 Å². The van der Waals surface area contributed by atoms with Gasteiger partial charge in [-0.2, -0.15) is 0 Å². The van der Waals surface area contributed by atoms with Crippen molar-refractivity contribution >= 4 is 15.9 Å². The Morgan fingerprint density at radius 1 is 1.16 bits per heavy atom. The number of ether oxygens (including phenoxy) is 1. The fourth-order valence-electron chi connectivity index (χ4n) is 1.86. The molecule has 2 nitrogen and oxygen atoms in total. The highest BCUT2D eigenvalue weighted by Gasteiger charge is 2.09. The standard InChI is InChI=1S/C16H18BrNO/c1-3-19-15-8-5-13(6-9-15)16(17)10-14-7-4-12(2)11-18-14/h4-9,11,16H,3,10H2,1-2H3. The summed E-state index contributed by atoms with van der Waals surface area (Å²) in [7, 11) is 0. The molecule has 1 aromatic heterocycles. The molecule has 0 aliphatic rings. The van der Waals surface area contributed by atoms with Crippen LogP contribution in [0.1, 0.15) is 28.6 Å². The molecule has 0 saturated heterocycles. The van der Waals surface area contributed by atoms with Crippen molar-refractivity contribution in [3.05, 3.63) is 59.4 Å². The normalized spacial score (nSPS) is 12.2. The Morgan fingerprint density at radius 3 is 2.47 bits per heavy atom. The number of benzene rings is 1. The molecule has 2 rings (SSSR count). The van der Waals surface area contributed by atoms with Gasteiger partial charge in [0.2, 0.25) is 0 Å². The molecule has 0 fully saturated rings. The Morgan fingerprint density at radius 2 is 1.89 bits per heavy atom. The van der Waals surface area contributed by atoms with Crippen molar-refractivity contribution in [2.24, 2.45) is 0 Å². The average molecular weight is 320 g/mol. The summed E-state index contributed by atoms with van der Waals surface area (Å²) in [5.74, 6) is 0.916. The van der Waals surface area contributed by atoms with Crippen LogP contribution in [0.5, 0.6) is 5.75 Å². The molecule has 0 aliphatic heterocycles. The minimum Gasteiger partial charge on any atom is -0.494 e. The lowest BCUT2D eigenvalue weighted by atomic mass is 10.1. The van der Waals surface area contributed by atoms with Gasteiger partial charge in [0.15, 0.2) is 0 Å². The number of halogens is 1. The van der Waals surface area contributed by atoms with Gasteiger partial charge in [-0.25, -0.2) is 0 Å². The van der Waals surface area contributed by atoms with Crippen LogP contribution in [0, 0.1) is 6.92 Å². The zero-order chi connectivity index (χ0) is 13.7. The monoisotopic (exact) mass is 319 g/mol. The third-order valence-corrected chi connectivity index (χ3v) is 3.77. The number of nitrogens with zero attached hydrogens (tertiary/aromatic N) is 1. The van der Waals surface area contributed by atoms with E-state index in [2.05, 4.69) is 52.1 Å². The third-order valence-electron chi connectivity index (χ3n) is 2.91. The highest BCUT2D eigenvalue weighted by Crippen LogP contribution is 2.27. The molecule has 0 aliphatic carbocycles. The summed E-state index contributed by atoms with van der Waals surface area (Å²) in [4.78, 5) is 4.71. The van der Waals surface area contributed by atoms with E-state index < -0.39 is 0 Å². The highest BCUT2D eigenvalue weighted by atomic mass is 79.9. The number of alkyl halides is 1. The predicted octanol–water partition coefficient (Wildman–Crippen LogP) is 4.47. The van der Waals surface area contributed by atoms with Crippen LogP contribution < -0.4 is 4.74 Å². The summed E-state index contributed by atoms with van der Waals surface area (Å²) in [6.07, 6.45) is 2.79. The van der Waals surface area contributed by atoms with Crippen molar-refractivity contribution < 1.29 is 4.74 Å². The van der Waals surface area contributed by atoms with Crippen molar-refractivity contribution in [1.82, 2.24) is 4.98 Å². The maximum atomic E-state index is 5.44. The second-order valence-corrected chi connectivity index (χ2v) is 5.61. The lowest BCUT2D eigenvalue weighted by molar-refractivity contribution is 0.340. The molecule has 19 heavy (non-hydrogen) atoms. The molecule has 1 atom stereocenters. The molecule has 0 spiro atoms.